The normalized spacial score (nSPS) is 28.0. The summed E-state index contributed by atoms with van der Waals surface area (Å²) in [4.78, 5) is 16.1. The van der Waals surface area contributed by atoms with Gasteiger partial charge in [0.05, 0.1) is 12.7 Å². The molecule has 132 valence electrons. The van der Waals surface area contributed by atoms with Crippen molar-refractivity contribution in [3.8, 4) is 0 Å². The van der Waals surface area contributed by atoms with Crippen molar-refractivity contribution in [1.29, 1.82) is 0 Å². The molecule has 0 radical (unpaired) electrons. The molecule has 0 aromatic heterocycles. The van der Waals surface area contributed by atoms with Gasteiger partial charge in [-0.2, -0.15) is 0 Å². The average molecular weight is 345 g/mol. The molecule has 2 saturated heterocycles. The van der Waals surface area contributed by atoms with Gasteiger partial charge in [-0.25, -0.2) is 13.1 Å². The van der Waals surface area contributed by atoms with E-state index in [0.29, 0.717) is 26.2 Å². The molecule has 0 aromatic rings. The zero-order chi connectivity index (χ0) is 16.4. The van der Waals surface area contributed by atoms with Crippen molar-refractivity contribution in [3.05, 3.63) is 0 Å². The van der Waals surface area contributed by atoms with E-state index in [1.165, 1.54) is 0 Å². The second kappa shape index (κ2) is 7.04. The van der Waals surface area contributed by atoms with Crippen LogP contribution in [0.3, 0.4) is 0 Å². The van der Waals surface area contributed by atoms with Gasteiger partial charge >= 0.3 is 0 Å². The van der Waals surface area contributed by atoms with E-state index >= 15 is 0 Å². The minimum Gasteiger partial charge on any atom is -0.374 e. The Kier molecular flexibility index (Phi) is 5.25. The second-order valence-corrected chi connectivity index (χ2v) is 9.04. The number of nitrogens with one attached hydrogen (secondary N) is 1. The molecule has 1 atom stereocenters. The standard InChI is InChI=1S/C15H27N3O4S/c1-17-6-7-22-13(9-17)8-16-23(20,21)14-10-18(11-14)15(19)12-4-2-3-5-12/h12-14,16H,2-11H2,1H3/t13-/m0/s1. The highest BCUT2D eigenvalue weighted by Crippen LogP contribution is 2.29. The number of likely N-dealkylation sites (tertiary alicyclic amines) is 1. The molecular weight excluding hydrogens is 318 g/mol. The van der Waals surface area contributed by atoms with E-state index in [0.717, 1.165) is 38.8 Å². The lowest BCUT2D eigenvalue weighted by Gasteiger charge is -2.40. The van der Waals surface area contributed by atoms with Gasteiger partial charge in [0.25, 0.3) is 0 Å². The average Bonchev–Trinajstić information content (AvgIpc) is 2.97. The number of sulfonamides is 1. The lowest BCUT2D eigenvalue weighted by Crippen LogP contribution is -2.61. The first-order valence-electron chi connectivity index (χ1n) is 8.53. The van der Waals surface area contributed by atoms with E-state index in [9.17, 15) is 13.2 Å². The monoisotopic (exact) mass is 345 g/mol. The smallest absolute Gasteiger partial charge is 0.225 e. The zero-order valence-corrected chi connectivity index (χ0v) is 14.6. The molecular formula is C15H27N3O4S. The maximum Gasteiger partial charge on any atom is 0.225 e. The highest BCUT2D eigenvalue weighted by atomic mass is 32.2. The zero-order valence-electron chi connectivity index (χ0n) is 13.7. The molecule has 2 heterocycles. The highest BCUT2D eigenvalue weighted by Gasteiger charge is 2.42. The summed E-state index contributed by atoms with van der Waals surface area (Å²) in [6.07, 6.45) is 4.04. The third kappa shape index (κ3) is 4.04. The molecule has 3 fully saturated rings. The molecule has 7 nitrogen and oxygen atoms in total. The fourth-order valence-corrected chi connectivity index (χ4v) is 4.97. The van der Waals surface area contributed by atoms with Crippen LogP contribution in [0.4, 0.5) is 0 Å². The van der Waals surface area contributed by atoms with Crippen LogP contribution < -0.4 is 4.72 Å². The SMILES string of the molecule is CN1CCO[C@@H](CNS(=O)(=O)C2CN(C(=O)C3CCCC3)C2)C1. The van der Waals surface area contributed by atoms with Crippen LogP contribution in [-0.2, 0) is 19.6 Å². The summed E-state index contributed by atoms with van der Waals surface area (Å²) in [5.74, 6) is 0.268. The molecule has 8 heteroatoms. The molecule has 0 spiro atoms. The van der Waals surface area contributed by atoms with Crippen molar-refractivity contribution in [2.45, 2.75) is 37.0 Å². The van der Waals surface area contributed by atoms with Crippen LogP contribution in [0.15, 0.2) is 0 Å². The van der Waals surface area contributed by atoms with Gasteiger partial charge < -0.3 is 14.5 Å². The minimum atomic E-state index is -3.37. The van der Waals surface area contributed by atoms with E-state index in [4.69, 9.17) is 4.74 Å². The number of rotatable bonds is 5. The predicted molar refractivity (Wildman–Crippen MR) is 86.5 cm³/mol. The van der Waals surface area contributed by atoms with Gasteiger partial charge in [-0.15, -0.1) is 0 Å². The van der Waals surface area contributed by atoms with E-state index in [1.807, 2.05) is 7.05 Å². The lowest BCUT2D eigenvalue weighted by atomic mass is 10.0. The Balaban J connectivity index is 1.43. The second-order valence-electron chi connectivity index (χ2n) is 7.00. The van der Waals surface area contributed by atoms with Crippen molar-refractivity contribution in [3.63, 3.8) is 0 Å². The summed E-state index contributed by atoms with van der Waals surface area (Å²) < 4.78 is 32.8. The summed E-state index contributed by atoms with van der Waals surface area (Å²) in [5.41, 5.74) is 0. The maximum atomic E-state index is 12.3. The van der Waals surface area contributed by atoms with Gasteiger partial charge in [0.1, 0.15) is 5.25 Å². The molecule has 1 amide bonds. The number of hydrogen-bond acceptors (Lipinski definition) is 5. The largest absolute Gasteiger partial charge is 0.374 e. The van der Waals surface area contributed by atoms with E-state index in [2.05, 4.69) is 9.62 Å². The van der Waals surface area contributed by atoms with E-state index < -0.39 is 15.3 Å². The Morgan fingerprint density at radius 3 is 2.57 bits per heavy atom. The minimum absolute atomic E-state index is 0.0974. The first-order valence-corrected chi connectivity index (χ1v) is 10.1. The van der Waals surface area contributed by atoms with Crippen molar-refractivity contribution in [2.75, 3.05) is 46.4 Å². The van der Waals surface area contributed by atoms with Gasteiger partial charge in [0, 0.05) is 38.6 Å². The van der Waals surface area contributed by atoms with Crippen molar-refractivity contribution in [1.82, 2.24) is 14.5 Å². The van der Waals surface area contributed by atoms with Crippen LogP contribution >= 0.6 is 0 Å². The quantitative estimate of drug-likeness (QED) is 0.736. The summed E-state index contributed by atoms with van der Waals surface area (Å²) >= 11 is 0. The molecule has 1 aliphatic carbocycles. The molecule has 0 bridgehead atoms. The number of likely N-dealkylation sites (N-methyl/N-ethyl adjacent to an activating group) is 1. The summed E-state index contributed by atoms with van der Waals surface area (Å²) in [5, 5.41) is -0.478. The Morgan fingerprint density at radius 1 is 1.22 bits per heavy atom. The number of nitrogens with zero attached hydrogens (tertiary/aromatic N) is 2. The Bertz CT molecular complexity index is 527. The summed E-state index contributed by atoms with van der Waals surface area (Å²) in [6.45, 7) is 3.21. The molecule has 1 N–H and O–H groups in total. The van der Waals surface area contributed by atoms with Crippen LogP contribution in [0.5, 0.6) is 0 Å². The topological polar surface area (TPSA) is 79.0 Å². The van der Waals surface area contributed by atoms with Gasteiger partial charge in [0.15, 0.2) is 0 Å². The predicted octanol–water partition coefficient (Wildman–Crippen LogP) is -0.363. The first kappa shape index (κ1) is 17.1. The van der Waals surface area contributed by atoms with Crippen molar-refractivity contribution < 1.29 is 17.9 Å². The Morgan fingerprint density at radius 2 is 1.91 bits per heavy atom. The molecule has 0 unspecified atom stereocenters. The van der Waals surface area contributed by atoms with E-state index in [-0.39, 0.29) is 17.9 Å². The van der Waals surface area contributed by atoms with Crippen molar-refractivity contribution >= 4 is 15.9 Å². The number of morpholine rings is 1. The number of amides is 1. The fourth-order valence-electron chi connectivity index (χ4n) is 3.56. The van der Waals surface area contributed by atoms with Crippen LogP contribution in [0.1, 0.15) is 25.7 Å². The Labute approximate surface area is 138 Å². The number of ether oxygens (including phenoxy) is 1. The van der Waals surface area contributed by atoms with Crippen LogP contribution in [0, 0.1) is 5.92 Å². The highest BCUT2D eigenvalue weighted by molar-refractivity contribution is 7.90. The summed E-state index contributed by atoms with van der Waals surface area (Å²) in [6, 6.07) is 0. The van der Waals surface area contributed by atoms with Gasteiger partial charge in [-0.05, 0) is 19.9 Å². The number of carbonyl (C=O) groups excluding carboxylic acids is 1. The Hall–Kier alpha value is -0.700. The molecule has 3 rings (SSSR count). The van der Waals surface area contributed by atoms with Gasteiger partial charge in [-0.3, -0.25) is 4.79 Å². The van der Waals surface area contributed by atoms with Crippen molar-refractivity contribution in [2.24, 2.45) is 5.92 Å². The number of carbonyl (C=O) groups is 1. The fraction of sp³-hybridized carbons (Fsp3) is 0.933. The third-order valence-corrected chi connectivity index (χ3v) is 6.90. The molecule has 0 aromatic carbocycles. The van der Waals surface area contributed by atoms with Gasteiger partial charge in [-0.1, -0.05) is 12.8 Å². The van der Waals surface area contributed by atoms with Crippen LogP contribution in [0.25, 0.3) is 0 Å². The molecule has 23 heavy (non-hydrogen) atoms. The lowest BCUT2D eigenvalue weighted by molar-refractivity contribution is -0.138. The summed E-state index contributed by atoms with van der Waals surface area (Å²) in [7, 11) is -1.37. The molecule has 1 saturated carbocycles. The first-order chi connectivity index (χ1) is 11.0. The van der Waals surface area contributed by atoms with E-state index in [1.54, 1.807) is 4.90 Å². The van der Waals surface area contributed by atoms with Crippen LogP contribution in [0.2, 0.25) is 0 Å². The molecule has 3 aliphatic rings. The number of hydrogen-bond donors (Lipinski definition) is 1. The third-order valence-electron chi connectivity index (χ3n) is 5.16. The van der Waals surface area contributed by atoms with Gasteiger partial charge in [0.2, 0.25) is 15.9 Å². The maximum absolute atomic E-state index is 12.3. The molecule has 2 aliphatic heterocycles. The van der Waals surface area contributed by atoms with Crippen LogP contribution in [-0.4, -0.2) is 81.9 Å².